The van der Waals surface area contributed by atoms with Crippen molar-refractivity contribution in [2.24, 2.45) is 0 Å². The fourth-order valence-electron chi connectivity index (χ4n) is 2.05. The molecule has 0 aliphatic carbocycles. The molecule has 0 N–H and O–H groups in total. The van der Waals surface area contributed by atoms with Crippen LogP contribution in [0.3, 0.4) is 0 Å². The van der Waals surface area contributed by atoms with E-state index in [4.69, 9.17) is 0 Å². The van der Waals surface area contributed by atoms with Crippen LogP contribution in [0.25, 0.3) is 0 Å². The van der Waals surface area contributed by atoms with Crippen molar-refractivity contribution < 1.29 is 0 Å². The van der Waals surface area contributed by atoms with Gasteiger partial charge in [-0.15, -0.1) is 24.8 Å². The van der Waals surface area contributed by atoms with Gasteiger partial charge in [-0.25, -0.2) is 0 Å². The monoisotopic (exact) mass is 335 g/mol. The summed E-state index contributed by atoms with van der Waals surface area (Å²) in [5.74, 6) is 0. The van der Waals surface area contributed by atoms with Crippen molar-refractivity contribution in [3.8, 4) is 0 Å². The van der Waals surface area contributed by atoms with Gasteiger partial charge in [-0.05, 0) is 22.7 Å². The topological polar surface area (TPSA) is 12.9 Å². The Hall–Kier alpha value is -1.40. The molecule has 0 atom stereocenters. The lowest BCUT2D eigenvalue weighted by atomic mass is 10.4. The molecule has 0 aliphatic rings. The molecule has 4 heteroatoms. The minimum atomic E-state index is -0.557. The molecular weight excluding hydrogens is 320 g/mol. The third kappa shape index (κ3) is 4.28. The second kappa shape index (κ2) is 8.79. The van der Waals surface area contributed by atoms with E-state index < -0.39 is 7.92 Å². The molecule has 1 aromatic heterocycles. The Balaban J connectivity index is 0.00000110. The van der Waals surface area contributed by atoms with Crippen molar-refractivity contribution in [2.75, 3.05) is 0 Å². The molecule has 1 nitrogen and oxygen atoms in total. The molecule has 0 amide bonds. The van der Waals surface area contributed by atoms with Gasteiger partial charge in [-0.2, -0.15) is 0 Å². The maximum atomic E-state index is 4.56. The van der Waals surface area contributed by atoms with Crippen LogP contribution in [-0.4, -0.2) is 4.98 Å². The minimum Gasteiger partial charge on any atom is -0.256 e. The first-order valence-electron chi connectivity index (χ1n) is 6.26. The molecule has 1 heterocycles. The number of halogens is 2. The molecule has 2 aromatic carbocycles. The average molecular weight is 336 g/mol. The molecule has 0 fully saturated rings. The predicted molar refractivity (Wildman–Crippen MR) is 97.4 cm³/mol. The largest absolute Gasteiger partial charge is 0.256 e. The lowest BCUT2D eigenvalue weighted by Gasteiger charge is -2.17. The van der Waals surface area contributed by atoms with Crippen LogP contribution in [0.5, 0.6) is 0 Å². The SMILES string of the molecule is Cl.Cl.c1ccc(P(c2ccccc2)c2ccccn2)cc1. The van der Waals surface area contributed by atoms with Gasteiger partial charge in [-0.3, -0.25) is 4.98 Å². The van der Waals surface area contributed by atoms with Crippen LogP contribution in [0.15, 0.2) is 85.1 Å². The lowest BCUT2D eigenvalue weighted by molar-refractivity contribution is 1.39. The van der Waals surface area contributed by atoms with E-state index in [1.165, 1.54) is 10.6 Å². The summed E-state index contributed by atoms with van der Waals surface area (Å²) in [6, 6.07) is 27.4. The highest BCUT2D eigenvalue weighted by atomic mass is 35.5. The zero-order valence-electron chi connectivity index (χ0n) is 11.3. The standard InChI is InChI=1S/C17H14NP.2ClH/c1-3-9-15(10-4-1)19(16-11-5-2-6-12-16)17-13-7-8-14-18-17;;/h1-14H;2*1H. The summed E-state index contributed by atoms with van der Waals surface area (Å²) in [6.45, 7) is 0. The minimum absolute atomic E-state index is 0. The fraction of sp³-hybridized carbons (Fsp3) is 0. The summed E-state index contributed by atoms with van der Waals surface area (Å²) >= 11 is 0. The van der Waals surface area contributed by atoms with E-state index in [2.05, 4.69) is 77.8 Å². The van der Waals surface area contributed by atoms with E-state index in [-0.39, 0.29) is 24.8 Å². The number of hydrogen-bond donors (Lipinski definition) is 0. The van der Waals surface area contributed by atoms with Crippen LogP contribution in [-0.2, 0) is 0 Å². The maximum Gasteiger partial charge on any atom is 0.0720 e. The molecule has 0 saturated heterocycles. The van der Waals surface area contributed by atoms with Crippen molar-refractivity contribution >= 4 is 48.8 Å². The molecule has 108 valence electrons. The van der Waals surface area contributed by atoms with Crippen LogP contribution < -0.4 is 16.0 Å². The number of nitrogens with zero attached hydrogens (tertiary/aromatic N) is 1. The Morgan fingerprint density at radius 2 is 1.05 bits per heavy atom. The van der Waals surface area contributed by atoms with Crippen molar-refractivity contribution in [2.45, 2.75) is 0 Å². The predicted octanol–water partition coefficient (Wildman–Crippen LogP) is 3.68. The number of rotatable bonds is 3. The van der Waals surface area contributed by atoms with E-state index in [0.29, 0.717) is 0 Å². The molecule has 3 aromatic rings. The maximum absolute atomic E-state index is 4.56. The first-order valence-corrected chi connectivity index (χ1v) is 7.60. The van der Waals surface area contributed by atoms with E-state index in [0.717, 1.165) is 5.44 Å². The number of hydrogen-bond acceptors (Lipinski definition) is 1. The highest BCUT2D eigenvalue weighted by Gasteiger charge is 2.16. The van der Waals surface area contributed by atoms with Gasteiger partial charge in [-0.1, -0.05) is 66.7 Å². The smallest absolute Gasteiger partial charge is 0.0720 e. The van der Waals surface area contributed by atoms with Crippen LogP contribution >= 0.6 is 32.7 Å². The van der Waals surface area contributed by atoms with Crippen molar-refractivity contribution in [1.82, 2.24) is 4.98 Å². The lowest BCUT2D eigenvalue weighted by Crippen LogP contribution is -2.22. The number of pyridine rings is 1. The molecule has 3 rings (SSSR count). The highest BCUT2D eigenvalue weighted by molar-refractivity contribution is 7.79. The zero-order chi connectivity index (χ0) is 12.9. The molecule has 0 unspecified atom stereocenters. The molecule has 0 spiro atoms. The Kier molecular flexibility index (Phi) is 7.39. The Labute approximate surface area is 139 Å². The van der Waals surface area contributed by atoms with Gasteiger partial charge >= 0.3 is 0 Å². The first kappa shape index (κ1) is 17.7. The van der Waals surface area contributed by atoms with Gasteiger partial charge in [0.05, 0.1) is 5.44 Å². The van der Waals surface area contributed by atoms with Crippen LogP contribution in [0.2, 0.25) is 0 Å². The number of benzene rings is 2. The summed E-state index contributed by atoms with van der Waals surface area (Å²) < 4.78 is 0. The summed E-state index contributed by atoms with van der Waals surface area (Å²) in [4.78, 5) is 4.56. The average Bonchev–Trinajstić information content (AvgIpc) is 2.51. The first-order chi connectivity index (χ1) is 9.45. The van der Waals surface area contributed by atoms with Crippen molar-refractivity contribution in [3.63, 3.8) is 0 Å². The van der Waals surface area contributed by atoms with Crippen molar-refractivity contribution in [3.05, 3.63) is 85.1 Å². The van der Waals surface area contributed by atoms with Crippen LogP contribution in [0, 0.1) is 0 Å². The molecular formula is C17H16Cl2NP. The summed E-state index contributed by atoms with van der Waals surface area (Å²) in [5, 5.41) is 2.67. The molecule has 0 aliphatic heterocycles. The van der Waals surface area contributed by atoms with Gasteiger partial charge < -0.3 is 0 Å². The molecule has 0 bridgehead atoms. The number of aromatic nitrogens is 1. The van der Waals surface area contributed by atoms with Crippen molar-refractivity contribution in [1.29, 1.82) is 0 Å². The summed E-state index contributed by atoms with van der Waals surface area (Å²) in [7, 11) is -0.557. The van der Waals surface area contributed by atoms with Gasteiger partial charge in [0.1, 0.15) is 0 Å². The second-order valence-corrected chi connectivity index (χ2v) is 6.36. The van der Waals surface area contributed by atoms with E-state index in [1.54, 1.807) is 0 Å². The van der Waals surface area contributed by atoms with E-state index in [1.807, 2.05) is 12.3 Å². The van der Waals surface area contributed by atoms with Gasteiger partial charge in [0.15, 0.2) is 0 Å². The van der Waals surface area contributed by atoms with Gasteiger partial charge in [0, 0.05) is 14.1 Å². The molecule has 21 heavy (non-hydrogen) atoms. The van der Waals surface area contributed by atoms with Crippen LogP contribution in [0.1, 0.15) is 0 Å². The summed E-state index contributed by atoms with van der Waals surface area (Å²) in [5.41, 5.74) is 1.15. The normalized spacial score (nSPS) is 9.57. The Morgan fingerprint density at radius 1 is 0.571 bits per heavy atom. The summed E-state index contributed by atoms with van der Waals surface area (Å²) in [6.07, 6.45) is 1.87. The second-order valence-electron chi connectivity index (χ2n) is 4.19. The van der Waals surface area contributed by atoms with Gasteiger partial charge in [0.2, 0.25) is 0 Å². The van der Waals surface area contributed by atoms with E-state index >= 15 is 0 Å². The fourth-order valence-corrected chi connectivity index (χ4v) is 4.24. The molecule has 0 saturated carbocycles. The van der Waals surface area contributed by atoms with Gasteiger partial charge in [0.25, 0.3) is 0 Å². The zero-order valence-corrected chi connectivity index (χ0v) is 13.8. The van der Waals surface area contributed by atoms with E-state index in [9.17, 15) is 0 Å². The Bertz CT molecular complexity index is 539. The quantitative estimate of drug-likeness (QED) is 0.665. The Morgan fingerprint density at radius 3 is 1.48 bits per heavy atom. The third-order valence-corrected chi connectivity index (χ3v) is 5.26. The highest BCUT2D eigenvalue weighted by Crippen LogP contribution is 2.31. The third-order valence-electron chi connectivity index (χ3n) is 2.91. The van der Waals surface area contributed by atoms with Crippen LogP contribution in [0.4, 0.5) is 0 Å². The molecule has 0 radical (unpaired) electrons.